The molecule has 2 rings (SSSR count). The Hall–Kier alpha value is -1.98. The maximum Gasteiger partial charge on any atom is 0.332 e. The fourth-order valence-corrected chi connectivity index (χ4v) is 2.21. The van der Waals surface area contributed by atoms with Crippen molar-refractivity contribution >= 4 is 11.5 Å². The fourth-order valence-electron chi connectivity index (χ4n) is 2.21. The van der Waals surface area contributed by atoms with Crippen molar-refractivity contribution in [2.75, 3.05) is 30.1 Å². The summed E-state index contributed by atoms with van der Waals surface area (Å²) in [6.45, 7) is 4.88. The lowest BCUT2D eigenvalue weighted by Gasteiger charge is -2.18. The molecule has 6 heteroatoms. The van der Waals surface area contributed by atoms with Gasteiger partial charge in [-0.3, -0.25) is 13.9 Å². The van der Waals surface area contributed by atoms with Gasteiger partial charge < -0.3 is 9.80 Å². The van der Waals surface area contributed by atoms with E-state index in [1.165, 1.54) is 11.6 Å². The van der Waals surface area contributed by atoms with Crippen LogP contribution in [-0.2, 0) is 14.1 Å². The highest BCUT2D eigenvalue weighted by molar-refractivity contribution is 5.71. The normalized spacial score (nSPS) is 14.1. The Bertz CT molecular complexity index is 584. The molecule has 0 fully saturated rings. The first-order chi connectivity index (χ1) is 7.99. The van der Waals surface area contributed by atoms with Gasteiger partial charge in [0.2, 0.25) is 0 Å². The van der Waals surface area contributed by atoms with Gasteiger partial charge >= 0.3 is 5.69 Å². The van der Waals surface area contributed by atoms with Crippen LogP contribution < -0.4 is 21.0 Å². The van der Waals surface area contributed by atoms with Crippen LogP contribution in [0.25, 0.3) is 0 Å². The molecule has 0 radical (unpaired) electrons. The van der Waals surface area contributed by atoms with Gasteiger partial charge in [-0.2, -0.15) is 0 Å². The van der Waals surface area contributed by atoms with Crippen LogP contribution in [0.15, 0.2) is 22.2 Å². The van der Waals surface area contributed by atoms with Crippen molar-refractivity contribution < 1.29 is 0 Å². The molecule has 0 saturated carbocycles. The zero-order valence-corrected chi connectivity index (χ0v) is 10.3. The van der Waals surface area contributed by atoms with E-state index in [4.69, 9.17) is 0 Å². The molecule has 0 N–H and O–H groups in total. The summed E-state index contributed by atoms with van der Waals surface area (Å²) in [5.41, 5.74) is 0.00623. The average Bonchev–Trinajstić information content (AvgIpc) is 2.61. The molecule has 92 valence electrons. The topological polar surface area (TPSA) is 50.5 Å². The highest BCUT2D eigenvalue weighted by Crippen LogP contribution is 2.29. The predicted molar refractivity (Wildman–Crippen MR) is 67.7 cm³/mol. The van der Waals surface area contributed by atoms with Crippen molar-refractivity contribution in [3.8, 4) is 0 Å². The average molecular weight is 236 g/mol. The van der Waals surface area contributed by atoms with Crippen molar-refractivity contribution in [3.63, 3.8) is 0 Å². The second-order valence-corrected chi connectivity index (χ2v) is 4.23. The smallest absolute Gasteiger partial charge is 0.332 e. The second-order valence-electron chi connectivity index (χ2n) is 4.23. The van der Waals surface area contributed by atoms with Gasteiger partial charge in [-0.15, -0.1) is 6.58 Å². The zero-order valence-electron chi connectivity index (χ0n) is 10.3. The number of nitrogens with zero attached hydrogens (tertiary/aromatic N) is 4. The number of hydrogen-bond acceptors (Lipinski definition) is 4. The Labute approximate surface area is 99.0 Å². The molecule has 1 aromatic heterocycles. The maximum absolute atomic E-state index is 12.0. The summed E-state index contributed by atoms with van der Waals surface area (Å²) in [5.74, 6) is 0.667. The van der Waals surface area contributed by atoms with Crippen LogP contribution in [-0.4, -0.2) is 29.4 Å². The molecular formula is C11H16N4O2. The molecule has 2 heterocycles. The molecular weight excluding hydrogens is 220 g/mol. The highest BCUT2D eigenvalue weighted by atomic mass is 16.2. The summed E-state index contributed by atoms with van der Waals surface area (Å²) in [5, 5.41) is 0. The van der Waals surface area contributed by atoms with Gasteiger partial charge in [0.25, 0.3) is 5.56 Å². The van der Waals surface area contributed by atoms with Crippen molar-refractivity contribution in [1.29, 1.82) is 0 Å². The minimum absolute atomic E-state index is 0.253. The van der Waals surface area contributed by atoms with Crippen molar-refractivity contribution in [1.82, 2.24) is 9.13 Å². The van der Waals surface area contributed by atoms with Gasteiger partial charge in [0.05, 0.1) is 6.67 Å². The molecule has 0 amide bonds. The molecule has 0 spiro atoms. The molecule has 0 atom stereocenters. The summed E-state index contributed by atoms with van der Waals surface area (Å²) in [6, 6.07) is 0. The van der Waals surface area contributed by atoms with E-state index in [2.05, 4.69) is 6.58 Å². The van der Waals surface area contributed by atoms with E-state index in [9.17, 15) is 9.59 Å². The van der Waals surface area contributed by atoms with Gasteiger partial charge in [-0.05, 0) is 0 Å². The Morgan fingerprint density at radius 2 is 1.88 bits per heavy atom. The number of aromatic nitrogens is 2. The lowest BCUT2D eigenvalue weighted by atomic mass is 10.4. The molecule has 1 aliphatic rings. The van der Waals surface area contributed by atoms with E-state index in [0.717, 1.165) is 4.57 Å². The first-order valence-corrected chi connectivity index (χ1v) is 5.36. The van der Waals surface area contributed by atoms with Crippen LogP contribution in [0, 0.1) is 0 Å². The van der Waals surface area contributed by atoms with E-state index >= 15 is 0 Å². The summed E-state index contributed by atoms with van der Waals surface area (Å²) >= 11 is 0. The molecule has 0 unspecified atom stereocenters. The molecule has 0 saturated heterocycles. The molecule has 1 aromatic rings. The largest absolute Gasteiger partial charge is 0.349 e. The Morgan fingerprint density at radius 1 is 1.24 bits per heavy atom. The van der Waals surface area contributed by atoms with Gasteiger partial charge in [0, 0.05) is 27.7 Å². The molecule has 0 aromatic carbocycles. The number of rotatable bonds is 2. The standard InChI is InChI=1S/C11H16N4O2/c1-5-6-15-7-12(2)8-9(15)13(3)11(17)14(4)10(8)16/h5H,1,6-7H2,2-4H3. The SMILES string of the molecule is C=CCN1CN(C)c2c1n(C)c(=O)n(C)c2=O. The van der Waals surface area contributed by atoms with Crippen molar-refractivity contribution in [3.05, 3.63) is 33.5 Å². The molecule has 6 nitrogen and oxygen atoms in total. The third-order valence-corrected chi connectivity index (χ3v) is 3.02. The Morgan fingerprint density at radius 3 is 2.47 bits per heavy atom. The fraction of sp³-hybridized carbons (Fsp3) is 0.455. The third-order valence-electron chi connectivity index (χ3n) is 3.02. The minimum atomic E-state index is -0.307. The first kappa shape index (κ1) is 11.5. The summed E-state index contributed by atoms with van der Waals surface area (Å²) in [7, 11) is 5.01. The Kier molecular flexibility index (Phi) is 2.57. The quantitative estimate of drug-likeness (QED) is 0.649. The van der Waals surface area contributed by atoms with E-state index in [1.807, 2.05) is 16.8 Å². The lowest BCUT2D eigenvalue weighted by Crippen LogP contribution is -2.39. The number of fused-ring (bicyclic) bond motifs is 1. The predicted octanol–water partition coefficient (Wildman–Crippen LogP) is -0.516. The maximum atomic E-state index is 12.0. The van der Waals surface area contributed by atoms with Crippen LogP contribution in [0.2, 0.25) is 0 Å². The lowest BCUT2D eigenvalue weighted by molar-refractivity contribution is 0.686. The number of anilines is 2. The van der Waals surface area contributed by atoms with Crippen LogP contribution in [0.1, 0.15) is 0 Å². The van der Waals surface area contributed by atoms with Crippen LogP contribution in [0.4, 0.5) is 11.5 Å². The van der Waals surface area contributed by atoms with Crippen LogP contribution in [0.3, 0.4) is 0 Å². The molecule has 1 aliphatic heterocycles. The van der Waals surface area contributed by atoms with Crippen LogP contribution in [0.5, 0.6) is 0 Å². The number of hydrogen-bond donors (Lipinski definition) is 0. The third kappa shape index (κ3) is 1.48. The molecule has 0 aliphatic carbocycles. The van der Waals surface area contributed by atoms with Gasteiger partial charge in [0.15, 0.2) is 0 Å². The monoisotopic (exact) mass is 236 g/mol. The van der Waals surface area contributed by atoms with Gasteiger partial charge in [-0.25, -0.2) is 4.79 Å². The van der Waals surface area contributed by atoms with E-state index in [1.54, 1.807) is 13.1 Å². The Balaban J connectivity index is 2.78. The van der Waals surface area contributed by atoms with E-state index in [0.29, 0.717) is 24.7 Å². The van der Waals surface area contributed by atoms with E-state index in [-0.39, 0.29) is 11.2 Å². The minimum Gasteiger partial charge on any atom is -0.349 e. The van der Waals surface area contributed by atoms with Gasteiger partial charge in [-0.1, -0.05) is 6.08 Å². The van der Waals surface area contributed by atoms with Crippen molar-refractivity contribution in [2.24, 2.45) is 14.1 Å². The molecule has 0 bridgehead atoms. The summed E-state index contributed by atoms with van der Waals surface area (Å²) < 4.78 is 2.64. The van der Waals surface area contributed by atoms with E-state index < -0.39 is 0 Å². The second kappa shape index (κ2) is 3.80. The van der Waals surface area contributed by atoms with Crippen molar-refractivity contribution in [2.45, 2.75) is 0 Å². The summed E-state index contributed by atoms with van der Waals surface area (Å²) in [4.78, 5) is 27.7. The first-order valence-electron chi connectivity index (χ1n) is 5.36. The summed E-state index contributed by atoms with van der Waals surface area (Å²) in [6.07, 6.45) is 1.75. The van der Waals surface area contributed by atoms with Crippen LogP contribution >= 0.6 is 0 Å². The highest BCUT2D eigenvalue weighted by Gasteiger charge is 2.29. The van der Waals surface area contributed by atoms with Gasteiger partial charge in [0.1, 0.15) is 11.5 Å². The molecule has 17 heavy (non-hydrogen) atoms. The zero-order chi connectivity index (χ0) is 12.7.